The highest BCUT2D eigenvalue weighted by atomic mass is 16.2. The number of carbonyl (C=O) groups is 1. The smallest absolute Gasteiger partial charge is 0.239 e. The molecule has 2 N–H and O–H groups in total. The lowest BCUT2D eigenvalue weighted by atomic mass is 10.0. The molecule has 1 saturated carbocycles. The molecule has 0 aromatic rings. The van der Waals surface area contributed by atoms with Gasteiger partial charge in [0.15, 0.2) is 0 Å². The number of nitrogens with two attached hydrogens (primary N) is 1. The van der Waals surface area contributed by atoms with E-state index in [1.807, 2.05) is 25.8 Å². The average Bonchev–Trinajstić information content (AvgIpc) is 2.67. The SMILES string of the molecule is CC(C)[C@H](N)C(=O)N(C)C1CCCC1. The molecule has 0 spiro atoms. The predicted molar refractivity (Wildman–Crippen MR) is 57.8 cm³/mol. The van der Waals surface area contributed by atoms with Crippen LogP contribution in [0, 0.1) is 5.92 Å². The third-order valence-electron chi connectivity index (χ3n) is 3.22. The lowest BCUT2D eigenvalue weighted by Crippen LogP contribution is -2.48. The van der Waals surface area contributed by atoms with E-state index in [0.717, 1.165) is 12.8 Å². The molecule has 1 atom stereocenters. The third kappa shape index (κ3) is 2.47. The molecule has 1 aliphatic rings. The number of likely N-dealkylation sites (N-methyl/N-ethyl adjacent to an activating group) is 1. The Morgan fingerprint density at radius 2 is 1.86 bits per heavy atom. The van der Waals surface area contributed by atoms with E-state index in [0.29, 0.717) is 6.04 Å². The minimum absolute atomic E-state index is 0.104. The molecule has 0 aliphatic heterocycles. The highest BCUT2D eigenvalue weighted by Gasteiger charge is 2.27. The topological polar surface area (TPSA) is 46.3 Å². The number of amides is 1. The number of hydrogen-bond donors (Lipinski definition) is 1. The Kier molecular flexibility index (Phi) is 3.93. The van der Waals surface area contributed by atoms with Crippen LogP contribution in [0.3, 0.4) is 0 Å². The molecule has 0 aromatic heterocycles. The normalized spacial score (nSPS) is 20.1. The quantitative estimate of drug-likeness (QED) is 0.744. The van der Waals surface area contributed by atoms with Crippen molar-refractivity contribution in [2.75, 3.05) is 7.05 Å². The first-order valence-corrected chi connectivity index (χ1v) is 5.56. The Balaban J connectivity index is 2.50. The number of nitrogens with zero attached hydrogens (tertiary/aromatic N) is 1. The molecule has 14 heavy (non-hydrogen) atoms. The molecule has 1 rings (SSSR count). The Bertz CT molecular complexity index is 197. The highest BCUT2D eigenvalue weighted by molar-refractivity contribution is 5.82. The molecular formula is C11H22N2O. The fourth-order valence-corrected chi connectivity index (χ4v) is 1.99. The molecule has 82 valence electrons. The van der Waals surface area contributed by atoms with E-state index < -0.39 is 0 Å². The van der Waals surface area contributed by atoms with Gasteiger partial charge in [0.05, 0.1) is 6.04 Å². The zero-order valence-corrected chi connectivity index (χ0v) is 9.49. The monoisotopic (exact) mass is 198 g/mol. The second kappa shape index (κ2) is 4.78. The maximum atomic E-state index is 11.9. The van der Waals surface area contributed by atoms with Crippen LogP contribution in [0.25, 0.3) is 0 Å². The number of carbonyl (C=O) groups excluding carboxylic acids is 1. The molecule has 0 unspecified atom stereocenters. The molecule has 3 heteroatoms. The van der Waals surface area contributed by atoms with E-state index in [9.17, 15) is 4.79 Å². The Morgan fingerprint density at radius 1 is 1.36 bits per heavy atom. The minimum atomic E-state index is -0.333. The zero-order valence-electron chi connectivity index (χ0n) is 9.49. The van der Waals surface area contributed by atoms with Crippen LogP contribution in [0.15, 0.2) is 0 Å². The van der Waals surface area contributed by atoms with Gasteiger partial charge in [-0.25, -0.2) is 0 Å². The molecule has 0 radical (unpaired) electrons. The van der Waals surface area contributed by atoms with Gasteiger partial charge in [-0.2, -0.15) is 0 Å². The first-order chi connectivity index (χ1) is 6.54. The van der Waals surface area contributed by atoms with Crippen molar-refractivity contribution in [3.8, 4) is 0 Å². The summed E-state index contributed by atoms with van der Waals surface area (Å²) in [6.07, 6.45) is 4.79. The van der Waals surface area contributed by atoms with Crippen molar-refractivity contribution in [1.29, 1.82) is 0 Å². The van der Waals surface area contributed by atoms with Crippen LogP contribution in [-0.2, 0) is 4.79 Å². The molecule has 1 amide bonds. The van der Waals surface area contributed by atoms with Crippen LogP contribution < -0.4 is 5.73 Å². The van der Waals surface area contributed by atoms with Gasteiger partial charge in [0, 0.05) is 13.1 Å². The van der Waals surface area contributed by atoms with E-state index in [-0.39, 0.29) is 17.9 Å². The van der Waals surface area contributed by atoms with Crippen LogP contribution in [0.5, 0.6) is 0 Å². The fraction of sp³-hybridized carbons (Fsp3) is 0.909. The van der Waals surface area contributed by atoms with Gasteiger partial charge in [0.2, 0.25) is 5.91 Å². The van der Waals surface area contributed by atoms with Crippen molar-refractivity contribution >= 4 is 5.91 Å². The number of rotatable bonds is 3. The second-order valence-corrected chi connectivity index (χ2v) is 4.66. The van der Waals surface area contributed by atoms with Crippen LogP contribution in [0.4, 0.5) is 0 Å². The summed E-state index contributed by atoms with van der Waals surface area (Å²) in [4.78, 5) is 13.7. The third-order valence-corrected chi connectivity index (χ3v) is 3.22. The van der Waals surface area contributed by atoms with Gasteiger partial charge in [-0.1, -0.05) is 26.7 Å². The first kappa shape index (κ1) is 11.5. The van der Waals surface area contributed by atoms with Gasteiger partial charge < -0.3 is 10.6 Å². The Hall–Kier alpha value is -0.570. The zero-order chi connectivity index (χ0) is 10.7. The highest BCUT2D eigenvalue weighted by Crippen LogP contribution is 2.23. The van der Waals surface area contributed by atoms with Crippen molar-refractivity contribution in [3.05, 3.63) is 0 Å². The van der Waals surface area contributed by atoms with Crippen molar-refractivity contribution in [2.45, 2.75) is 51.6 Å². The lowest BCUT2D eigenvalue weighted by Gasteiger charge is -2.28. The van der Waals surface area contributed by atoms with E-state index in [4.69, 9.17) is 5.73 Å². The van der Waals surface area contributed by atoms with Gasteiger partial charge >= 0.3 is 0 Å². The van der Waals surface area contributed by atoms with Crippen LogP contribution >= 0.6 is 0 Å². The van der Waals surface area contributed by atoms with E-state index >= 15 is 0 Å². The Labute approximate surface area is 86.6 Å². The van der Waals surface area contributed by atoms with Crippen molar-refractivity contribution in [1.82, 2.24) is 4.90 Å². The van der Waals surface area contributed by atoms with Crippen LogP contribution in [-0.4, -0.2) is 29.9 Å². The molecule has 0 aromatic carbocycles. The van der Waals surface area contributed by atoms with Crippen LogP contribution in [0.1, 0.15) is 39.5 Å². The Morgan fingerprint density at radius 3 is 2.29 bits per heavy atom. The van der Waals surface area contributed by atoms with Crippen molar-refractivity contribution in [2.24, 2.45) is 11.7 Å². The van der Waals surface area contributed by atoms with Gasteiger partial charge in [0.25, 0.3) is 0 Å². The number of hydrogen-bond acceptors (Lipinski definition) is 2. The summed E-state index contributed by atoms with van der Waals surface area (Å²) in [7, 11) is 1.89. The minimum Gasteiger partial charge on any atom is -0.341 e. The molecule has 3 nitrogen and oxygen atoms in total. The largest absolute Gasteiger partial charge is 0.341 e. The molecule has 0 heterocycles. The second-order valence-electron chi connectivity index (χ2n) is 4.66. The maximum Gasteiger partial charge on any atom is 0.239 e. The van der Waals surface area contributed by atoms with Gasteiger partial charge in [-0.3, -0.25) is 4.79 Å². The molecule has 0 bridgehead atoms. The summed E-state index contributed by atoms with van der Waals surface area (Å²) in [6, 6.07) is 0.105. The molecular weight excluding hydrogens is 176 g/mol. The van der Waals surface area contributed by atoms with E-state index in [1.54, 1.807) is 0 Å². The summed E-state index contributed by atoms with van der Waals surface area (Å²) in [5.41, 5.74) is 5.84. The van der Waals surface area contributed by atoms with Gasteiger partial charge in [-0.15, -0.1) is 0 Å². The van der Waals surface area contributed by atoms with Crippen molar-refractivity contribution < 1.29 is 4.79 Å². The van der Waals surface area contributed by atoms with Crippen molar-refractivity contribution in [3.63, 3.8) is 0 Å². The predicted octanol–water partition coefficient (Wildman–Crippen LogP) is 1.37. The summed E-state index contributed by atoms with van der Waals surface area (Å²) in [6.45, 7) is 3.98. The maximum absolute atomic E-state index is 11.9. The fourth-order valence-electron chi connectivity index (χ4n) is 1.99. The molecule has 1 fully saturated rings. The van der Waals surface area contributed by atoms with Gasteiger partial charge in [0.1, 0.15) is 0 Å². The average molecular weight is 198 g/mol. The summed E-state index contributed by atoms with van der Waals surface area (Å²) in [5, 5.41) is 0. The standard InChI is InChI=1S/C11H22N2O/c1-8(2)10(12)11(14)13(3)9-6-4-5-7-9/h8-10H,4-7,12H2,1-3H3/t10-/m0/s1. The van der Waals surface area contributed by atoms with E-state index in [1.165, 1.54) is 12.8 Å². The van der Waals surface area contributed by atoms with Gasteiger partial charge in [-0.05, 0) is 18.8 Å². The first-order valence-electron chi connectivity index (χ1n) is 5.56. The van der Waals surface area contributed by atoms with Crippen LogP contribution in [0.2, 0.25) is 0 Å². The molecule has 0 saturated heterocycles. The summed E-state index contributed by atoms with van der Waals surface area (Å²) in [5.74, 6) is 0.332. The summed E-state index contributed by atoms with van der Waals surface area (Å²) >= 11 is 0. The summed E-state index contributed by atoms with van der Waals surface area (Å²) < 4.78 is 0. The lowest BCUT2D eigenvalue weighted by molar-refractivity contribution is -0.134. The molecule has 1 aliphatic carbocycles. The van der Waals surface area contributed by atoms with E-state index in [2.05, 4.69) is 0 Å².